The number of piperazine rings is 1. The van der Waals surface area contributed by atoms with Crippen molar-refractivity contribution in [2.45, 2.75) is 107 Å². The number of pyridine rings is 3. The van der Waals surface area contributed by atoms with Crippen molar-refractivity contribution >= 4 is 50.0 Å². The third kappa shape index (κ3) is 11.2. The highest BCUT2D eigenvalue weighted by molar-refractivity contribution is 7.90. The molecular weight excluding hydrogens is 1030 g/mol. The summed E-state index contributed by atoms with van der Waals surface area (Å²) < 4.78 is 62.9. The van der Waals surface area contributed by atoms with Gasteiger partial charge in [-0.1, -0.05) is 38.1 Å². The highest BCUT2D eigenvalue weighted by atomic mass is 32.2. The lowest BCUT2D eigenvalue weighted by Gasteiger charge is -2.58. The number of carbonyl (C=O) groups is 1. The van der Waals surface area contributed by atoms with Crippen LogP contribution in [0.3, 0.4) is 0 Å². The van der Waals surface area contributed by atoms with Gasteiger partial charge in [-0.3, -0.25) is 24.7 Å². The Morgan fingerprint density at radius 1 is 1.03 bits per heavy atom. The molecule has 1 atom stereocenters. The average Bonchev–Trinajstić information content (AvgIpc) is 3.93. The predicted molar refractivity (Wildman–Crippen MR) is 296 cm³/mol. The van der Waals surface area contributed by atoms with Crippen LogP contribution in [0.5, 0.6) is 23.1 Å². The zero-order chi connectivity index (χ0) is 55.2. The molecule has 79 heavy (non-hydrogen) atoms. The number of halogens is 1. The van der Waals surface area contributed by atoms with Gasteiger partial charge in [0, 0.05) is 99.7 Å². The number of sulfonamides is 1. The molecule has 22 heteroatoms. The molecule has 0 bridgehead atoms. The SMILES string of the molecule is COc1nc2[nH]cc(F)c2cc1Oc1cc(N2CCC3(CC2)CC(N2CCN(Cc4ccnc5c4OCCN5)C[C@H]2c2ccccc2C(C)C)C3)ccc1C(=O)NS(=O)(=O)c1cnc(NCC2CCC(C)(O)CC2)c([N+](=O)[O-])c1. The first kappa shape index (κ1) is 53.8. The van der Waals surface area contributed by atoms with E-state index < -0.39 is 42.9 Å². The normalized spacial score (nSPS) is 21.7. The Morgan fingerprint density at radius 3 is 2.57 bits per heavy atom. The Hall–Kier alpha value is -7.14. The second kappa shape index (κ2) is 21.8. The van der Waals surface area contributed by atoms with E-state index in [9.17, 15) is 32.8 Å². The van der Waals surface area contributed by atoms with E-state index in [1.807, 2.05) is 6.20 Å². The molecule has 6 aromatic rings. The molecule has 0 unspecified atom stereocenters. The number of carbonyl (C=O) groups excluding carboxylic acids is 1. The van der Waals surface area contributed by atoms with Crippen molar-refractivity contribution < 1.29 is 41.8 Å². The van der Waals surface area contributed by atoms with Crippen molar-refractivity contribution in [1.29, 1.82) is 0 Å². The maximum atomic E-state index is 14.9. The zero-order valence-electron chi connectivity index (χ0n) is 45.0. The van der Waals surface area contributed by atoms with Crippen molar-refractivity contribution in [3.05, 3.63) is 117 Å². The van der Waals surface area contributed by atoms with Gasteiger partial charge < -0.3 is 39.8 Å². The molecule has 2 aromatic carbocycles. The van der Waals surface area contributed by atoms with Gasteiger partial charge in [0.25, 0.3) is 21.8 Å². The van der Waals surface area contributed by atoms with Crippen LogP contribution < -0.4 is 34.5 Å². The van der Waals surface area contributed by atoms with Crippen LogP contribution >= 0.6 is 0 Å². The lowest BCUT2D eigenvalue weighted by molar-refractivity contribution is -0.384. The molecular formula is C57H68FN11O9S. The standard InChI is InChI=1S/C57H68FN11O9S/c1-35(2)41-7-5-6-8-42(41)47-34-66(33-37-13-18-59-53-50(37)77-24-19-60-53)22-23-68(47)39-28-57(29-39)16-20-67(21-17-57)38-9-10-43(48(25-38)78-49-27-44-45(58)32-63-51(44)64-55(49)76-4)54(70)65-79(74,75)40-26-46(69(72)73)52(62-31-40)61-30-36-11-14-56(3,71)15-12-36/h5-10,13,18,25-27,31-32,35-36,39,47,71H,11-12,14-17,19-24,28-30,33-34H2,1-4H3,(H,59,60)(H,61,62)(H,63,64)(H,65,70)/t36?,47-,56?/m0/s1. The Kier molecular flexibility index (Phi) is 14.9. The number of ether oxygens (including phenoxy) is 3. The van der Waals surface area contributed by atoms with Gasteiger partial charge in [-0.25, -0.2) is 27.5 Å². The first-order valence-electron chi connectivity index (χ1n) is 27.3. The van der Waals surface area contributed by atoms with Crippen molar-refractivity contribution in [2.75, 3.05) is 75.1 Å². The number of piperidine rings is 1. The molecule has 1 spiro atoms. The van der Waals surface area contributed by atoms with Gasteiger partial charge in [0.05, 0.1) is 41.3 Å². The number of nitrogens with one attached hydrogen (secondary N) is 4. The number of methoxy groups -OCH3 is 1. The third-order valence-electron chi connectivity index (χ3n) is 17.0. The molecule has 2 saturated heterocycles. The molecule has 5 N–H and O–H groups in total. The van der Waals surface area contributed by atoms with E-state index in [0.717, 1.165) is 113 Å². The molecule has 1 amide bonds. The van der Waals surface area contributed by atoms with E-state index in [0.29, 0.717) is 50.8 Å². The van der Waals surface area contributed by atoms with Gasteiger partial charge >= 0.3 is 5.69 Å². The van der Waals surface area contributed by atoms with Crippen LogP contribution in [-0.2, 0) is 16.6 Å². The summed E-state index contributed by atoms with van der Waals surface area (Å²) in [6.45, 7) is 13.0. The van der Waals surface area contributed by atoms with E-state index in [2.05, 4.69) is 94.2 Å². The molecule has 4 aromatic heterocycles. The first-order valence-corrected chi connectivity index (χ1v) is 28.8. The number of aliphatic hydroxyl groups is 1. The van der Waals surface area contributed by atoms with Crippen LogP contribution in [0.15, 0.2) is 84.1 Å². The first-order chi connectivity index (χ1) is 37.9. The Balaban J connectivity index is 0.803. The van der Waals surface area contributed by atoms with Gasteiger partial charge in [0.2, 0.25) is 5.82 Å². The van der Waals surface area contributed by atoms with Gasteiger partial charge in [-0.05, 0) is 105 Å². The lowest BCUT2D eigenvalue weighted by atomic mass is 9.59. The second-order valence-electron chi connectivity index (χ2n) is 22.6. The summed E-state index contributed by atoms with van der Waals surface area (Å²) >= 11 is 0. The maximum Gasteiger partial charge on any atom is 0.312 e. The van der Waals surface area contributed by atoms with Crippen LogP contribution in [0.25, 0.3) is 11.0 Å². The molecule has 20 nitrogen and oxygen atoms in total. The summed E-state index contributed by atoms with van der Waals surface area (Å²) in [6.07, 6.45) is 10.6. The minimum absolute atomic E-state index is 0.0172. The topological polar surface area (TPSA) is 243 Å². The Bertz CT molecular complexity index is 3370. The molecule has 2 aliphatic carbocycles. The second-order valence-corrected chi connectivity index (χ2v) is 24.3. The van der Waals surface area contributed by atoms with E-state index in [4.69, 9.17) is 14.2 Å². The summed E-state index contributed by atoms with van der Waals surface area (Å²) in [5.41, 5.74) is 3.46. The van der Waals surface area contributed by atoms with Crippen LogP contribution in [0, 0.1) is 27.3 Å². The van der Waals surface area contributed by atoms with Crippen LogP contribution in [0.1, 0.15) is 111 Å². The van der Waals surface area contributed by atoms with Crippen molar-refractivity contribution in [2.24, 2.45) is 11.3 Å². The van der Waals surface area contributed by atoms with Crippen LogP contribution in [0.2, 0.25) is 0 Å². The number of benzene rings is 2. The van der Waals surface area contributed by atoms with Crippen molar-refractivity contribution in [3.8, 4) is 23.1 Å². The van der Waals surface area contributed by atoms with Gasteiger partial charge in [0.1, 0.15) is 28.7 Å². The number of nitro groups is 1. The summed E-state index contributed by atoms with van der Waals surface area (Å²) in [7, 11) is -3.38. The number of fused-ring (bicyclic) bond motifs is 2. The molecule has 11 rings (SSSR count). The number of H-pyrrole nitrogens is 1. The van der Waals surface area contributed by atoms with Crippen LogP contribution in [0.4, 0.5) is 27.4 Å². The number of amides is 1. The van der Waals surface area contributed by atoms with Crippen LogP contribution in [-0.4, -0.2) is 125 Å². The molecule has 3 aliphatic heterocycles. The molecule has 418 valence electrons. The van der Waals surface area contributed by atoms with Crippen molar-refractivity contribution in [1.82, 2.24) is 34.5 Å². The highest BCUT2D eigenvalue weighted by Gasteiger charge is 2.50. The Morgan fingerprint density at radius 2 is 1.81 bits per heavy atom. The quantitative estimate of drug-likeness (QED) is 0.0449. The van der Waals surface area contributed by atoms with Gasteiger partial charge in [-0.2, -0.15) is 4.98 Å². The number of nitrogens with zero attached hydrogens (tertiary/aromatic N) is 7. The maximum absolute atomic E-state index is 14.9. The highest BCUT2D eigenvalue weighted by Crippen LogP contribution is 2.54. The molecule has 4 fully saturated rings. The smallest absolute Gasteiger partial charge is 0.312 e. The fourth-order valence-corrected chi connectivity index (χ4v) is 13.4. The van der Waals surface area contributed by atoms with E-state index in [1.54, 1.807) is 19.1 Å². The van der Waals surface area contributed by atoms with E-state index in [1.165, 1.54) is 30.4 Å². The number of hydrogen-bond acceptors (Lipinski definition) is 17. The number of aromatic nitrogens is 4. The molecule has 0 radical (unpaired) electrons. The van der Waals surface area contributed by atoms with E-state index >= 15 is 0 Å². The fourth-order valence-electron chi connectivity index (χ4n) is 12.5. The summed E-state index contributed by atoms with van der Waals surface area (Å²) in [5.74, 6) is 0.266. The number of rotatable bonds is 16. The van der Waals surface area contributed by atoms with Gasteiger partial charge in [-0.15, -0.1) is 0 Å². The predicted octanol–water partition coefficient (Wildman–Crippen LogP) is 8.91. The number of anilines is 3. The molecule has 5 aliphatic rings. The monoisotopic (exact) mass is 1100 g/mol. The molecule has 2 saturated carbocycles. The molecule has 7 heterocycles. The third-order valence-corrected chi connectivity index (χ3v) is 18.3. The summed E-state index contributed by atoms with van der Waals surface area (Å²) in [6, 6.07) is 18.7. The Labute approximate surface area is 458 Å². The number of hydrogen-bond donors (Lipinski definition) is 5. The van der Waals surface area contributed by atoms with Crippen molar-refractivity contribution in [3.63, 3.8) is 0 Å². The van der Waals surface area contributed by atoms with Gasteiger partial charge in [0.15, 0.2) is 17.3 Å². The largest absolute Gasteiger partial charge is 0.488 e. The van der Waals surface area contributed by atoms with E-state index in [-0.39, 0.29) is 57.2 Å². The average molecular weight is 1100 g/mol. The summed E-state index contributed by atoms with van der Waals surface area (Å²) in [5, 5.41) is 29.1. The number of aromatic amines is 1. The minimum atomic E-state index is -4.75. The fraction of sp³-hybridized carbons (Fsp3) is 0.474. The summed E-state index contributed by atoms with van der Waals surface area (Å²) in [4.78, 5) is 48.5. The lowest BCUT2D eigenvalue weighted by Crippen LogP contribution is -2.60. The zero-order valence-corrected chi connectivity index (χ0v) is 45.8. The minimum Gasteiger partial charge on any atom is -0.488 e.